The number of nitrogens with zero attached hydrogens (tertiary/aromatic N) is 4. The van der Waals surface area contributed by atoms with Crippen molar-refractivity contribution in [3.63, 3.8) is 0 Å². The number of hydrogen-bond acceptors (Lipinski definition) is 4. The van der Waals surface area contributed by atoms with Gasteiger partial charge in [-0.25, -0.2) is 4.98 Å². The van der Waals surface area contributed by atoms with Crippen LogP contribution >= 0.6 is 0 Å². The van der Waals surface area contributed by atoms with Gasteiger partial charge in [0.1, 0.15) is 6.07 Å². The summed E-state index contributed by atoms with van der Waals surface area (Å²) >= 11 is 0. The molecule has 0 fully saturated rings. The second-order valence-electron chi connectivity index (χ2n) is 6.23. The van der Waals surface area contributed by atoms with Gasteiger partial charge in [-0.1, -0.05) is 12.2 Å². The summed E-state index contributed by atoms with van der Waals surface area (Å²) in [6, 6.07) is 8.34. The minimum atomic E-state index is 0.508. The fourth-order valence-corrected chi connectivity index (χ4v) is 3.08. The number of aryl methyl sites for hydroxylation is 1. The lowest BCUT2D eigenvalue weighted by Crippen LogP contribution is -2.00. The Morgan fingerprint density at radius 1 is 1.26 bits per heavy atom. The lowest BCUT2D eigenvalue weighted by Gasteiger charge is -2.14. The zero-order chi connectivity index (χ0) is 18.6. The van der Waals surface area contributed by atoms with Crippen LogP contribution in [-0.4, -0.2) is 19.5 Å². The maximum absolute atomic E-state index is 9.53. The first kappa shape index (κ1) is 16.6. The molecule has 4 rings (SSSR count). The molecule has 27 heavy (non-hydrogen) atoms. The SMILES string of the molecule is Cc1c(Nc2c(C#N)cncc2C=CCn2ccnc2)ccc2[nH]ccc12. The van der Waals surface area contributed by atoms with Gasteiger partial charge in [0, 0.05) is 59.7 Å². The van der Waals surface area contributed by atoms with Crippen molar-refractivity contribution in [2.75, 3.05) is 5.32 Å². The average molecular weight is 354 g/mol. The predicted molar refractivity (Wildman–Crippen MR) is 107 cm³/mol. The van der Waals surface area contributed by atoms with Gasteiger partial charge in [-0.3, -0.25) is 4.98 Å². The predicted octanol–water partition coefficient (Wildman–Crippen LogP) is 4.40. The Kier molecular flexibility index (Phi) is 4.42. The summed E-state index contributed by atoms with van der Waals surface area (Å²) in [7, 11) is 0. The number of allylic oxidation sites excluding steroid dienone is 1. The molecular weight excluding hydrogens is 336 g/mol. The third-order valence-corrected chi connectivity index (χ3v) is 4.53. The van der Waals surface area contributed by atoms with Crippen LogP contribution in [0.1, 0.15) is 16.7 Å². The summed E-state index contributed by atoms with van der Waals surface area (Å²) < 4.78 is 1.97. The molecule has 0 spiro atoms. The van der Waals surface area contributed by atoms with Crippen molar-refractivity contribution in [2.45, 2.75) is 13.5 Å². The molecule has 6 nitrogen and oxygen atoms in total. The van der Waals surface area contributed by atoms with Gasteiger partial charge in [0.25, 0.3) is 0 Å². The summed E-state index contributed by atoms with van der Waals surface area (Å²) in [5.41, 5.74) is 5.31. The Bertz CT molecular complexity index is 1150. The van der Waals surface area contributed by atoms with E-state index >= 15 is 0 Å². The van der Waals surface area contributed by atoms with Gasteiger partial charge in [-0.2, -0.15) is 5.26 Å². The number of nitrogens with one attached hydrogen (secondary N) is 2. The topological polar surface area (TPSA) is 82.3 Å². The smallest absolute Gasteiger partial charge is 0.103 e. The van der Waals surface area contributed by atoms with E-state index in [1.807, 2.05) is 41.2 Å². The van der Waals surface area contributed by atoms with Crippen LogP contribution in [0.5, 0.6) is 0 Å². The van der Waals surface area contributed by atoms with Crippen LogP contribution in [0.4, 0.5) is 11.4 Å². The summed E-state index contributed by atoms with van der Waals surface area (Å²) in [5.74, 6) is 0. The molecule has 0 bridgehead atoms. The summed E-state index contributed by atoms with van der Waals surface area (Å²) in [6.07, 6.45) is 14.7. The molecule has 0 saturated heterocycles. The van der Waals surface area contributed by atoms with Crippen LogP contribution in [0.15, 0.2) is 61.6 Å². The van der Waals surface area contributed by atoms with Gasteiger partial charge < -0.3 is 14.9 Å². The molecule has 0 saturated carbocycles. The zero-order valence-corrected chi connectivity index (χ0v) is 14.8. The number of H-pyrrole nitrogens is 1. The number of nitriles is 1. The number of anilines is 2. The van der Waals surface area contributed by atoms with Crippen LogP contribution in [-0.2, 0) is 6.54 Å². The lowest BCUT2D eigenvalue weighted by atomic mass is 10.1. The van der Waals surface area contributed by atoms with Gasteiger partial charge in [-0.15, -0.1) is 0 Å². The second kappa shape index (κ2) is 7.18. The molecule has 0 aliphatic rings. The van der Waals surface area contributed by atoms with Gasteiger partial charge >= 0.3 is 0 Å². The largest absolute Gasteiger partial charge is 0.361 e. The highest BCUT2D eigenvalue weighted by molar-refractivity contribution is 5.89. The van der Waals surface area contributed by atoms with E-state index < -0.39 is 0 Å². The van der Waals surface area contributed by atoms with Crippen molar-refractivity contribution in [3.05, 3.63) is 78.3 Å². The number of pyridine rings is 1. The Hall–Kier alpha value is -3.85. The van der Waals surface area contributed by atoms with Gasteiger partial charge in [0.05, 0.1) is 17.6 Å². The van der Waals surface area contributed by atoms with Crippen molar-refractivity contribution in [1.29, 1.82) is 5.26 Å². The van der Waals surface area contributed by atoms with Gasteiger partial charge in [0.2, 0.25) is 0 Å². The summed E-state index contributed by atoms with van der Waals surface area (Å²) in [5, 5.41) is 14.1. The number of aromatic nitrogens is 4. The minimum absolute atomic E-state index is 0.508. The molecule has 0 amide bonds. The van der Waals surface area contributed by atoms with Crippen LogP contribution in [0, 0.1) is 18.3 Å². The van der Waals surface area contributed by atoms with E-state index in [0.29, 0.717) is 12.1 Å². The molecule has 0 unspecified atom stereocenters. The Balaban J connectivity index is 1.69. The maximum atomic E-state index is 9.53. The molecule has 3 heterocycles. The van der Waals surface area contributed by atoms with Crippen molar-refractivity contribution in [2.24, 2.45) is 0 Å². The molecule has 0 aliphatic carbocycles. The molecule has 0 radical (unpaired) electrons. The van der Waals surface area contributed by atoms with E-state index in [4.69, 9.17) is 0 Å². The van der Waals surface area contributed by atoms with Crippen molar-refractivity contribution in [3.8, 4) is 6.07 Å². The first-order valence-corrected chi connectivity index (χ1v) is 8.60. The van der Waals surface area contributed by atoms with Crippen molar-refractivity contribution in [1.82, 2.24) is 19.5 Å². The molecule has 6 heteroatoms. The Labute approximate surface area is 156 Å². The van der Waals surface area contributed by atoms with E-state index in [1.165, 1.54) is 0 Å². The standard InChI is InChI=1S/C21H18N6/c1-15-18-6-7-25-20(18)5-4-19(15)26-21-16(12-24-13-17(21)11-22)3-2-9-27-10-8-23-14-27/h2-8,10,12-14,25H,9H2,1H3,(H,24,26). The van der Waals surface area contributed by atoms with E-state index in [0.717, 1.165) is 33.4 Å². The highest BCUT2D eigenvalue weighted by Gasteiger charge is 2.11. The lowest BCUT2D eigenvalue weighted by molar-refractivity contribution is 0.823. The molecule has 4 aromatic rings. The third-order valence-electron chi connectivity index (χ3n) is 4.53. The maximum Gasteiger partial charge on any atom is 0.103 e. The van der Waals surface area contributed by atoms with E-state index in [-0.39, 0.29) is 0 Å². The fraction of sp³-hybridized carbons (Fsp3) is 0.0952. The second-order valence-corrected chi connectivity index (χ2v) is 6.23. The number of imidazole rings is 1. The van der Waals surface area contributed by atoms with E-state index in [1.54, 1.807) is 24.9 Å². The van der Waals surface area contributed by atoms with Crippen molar-refractivity contribution >= 4 is 28.4 Å². The van der Waals surface area contributed by atoms with Crippen LogP contribution in [0.3, 0.4) is 0 Å². The molecule has 1 aromatic carbocycles. The summed E-state index contributed by atoms with van der Waals surface area (Å²) in [6.45, 7) is 2.77. The molecule has 2 N–H and O–H groups in total. The van der Waals surface area contributed by atoms with Crippen LogP contribution < -0.4 is 5.32 Å². The quantitative estimate of drug-likeness (QED) is 0.556. The van der Waals surface area contributed by atoms with Gasteiger partial charge in [0.15, 0.2) is 0 Å². The molecule has 0 aliphatic heterocycles. The number of hydrogen-bond donors (Lipinski definition) is 2. The van der Waals surface area contributed by atoms with E-state index in [2.05, 4.69) is 39.3 Å². The third kappa shape index (κ3) is 3.31. The first-order valence-electron chi connectivity index (χ1n) is 8.60. The monoisotopic (exact) mass is 354 g/mol. The van der Waals surface area contributed by atoms with Gasteiger partial charge in [-0.05, 0) is 30.7 Å². The Morgan fingerprint density at radius 2 is 2.19 bits per heavy atom. The molecule has 3 aromatic heterocycles. The normalized spacial score (nSPS) is 11.1. The average Bonchev–Trinajstić information content (AvgIpc) is 3.37. The highest BCUT2D eigenvalue weighted by atomic mass is 15.0. The molecule has 132 valence electrons. The fourth-order valence-electron chi connectivity index (χ4n) is 3.08. The number of fused-ring (bicyclic) bond motifs is 1. The number of rotatable bonds is 5. The first-order chi connectivity index (χ1) is 13.3. The van der Waals surface area contributed by atoms with Crippen LogP contribution in [0.2, 0.25) is 0 Å². The van der Waals surface area contributed by atoms with Crippen molar-refractivity contribution < 1.29 is 0 Å². The number of aromatic amines is 1. The highest BCUT2D eigenvalue weighted by Crippen LogP contribution is 2.30. The summed E-state index contributed by atoms with van der Waals surface area (Å²) in [4.78, 5) is 11.5. The number of benzene rings is 1. The van der Waals surface area contributed by atoms with E-state index in [9.17, 15) is 5.26 Å². The molecule has 0 atom stereocenters. The Morgan fingerprint density at radius 3 is 3.00 bits per heavy atom. The zero-order valence-electron chi connectivity index (χ0n) is 14.8. The minimum Gasteiger partial charge on any atom is -0.361 e. The van der Waals surface area contributed by atoms with Crippen LogP contribution in [0.25, 0.3) is 17.0 Å². The molecular formula is C21H18N6.